The zero-order chi connectivity index (χ0) is 12.7. The Hall–Kier alpha value is -1.04. The average Bonchev–Trinajstić information content (AvgIpc) is 2.37. The van der Waals surface area contributed by atoms with Crippen LogP contribution in [-0.4, -0.2) is 44.1 Å². The zero-order valence-corrected chi connectivity index (χ0v) is 10.1. The van der Waals surface area contributed by atoms with Gasteiger partial charge < -0.3 is 15.3 Å². The lowest BCUT2D eigenvalue weighted by Gasteiger charge is -2.14. The van der Waals surface area contributed by atoms with Crippen molar-refractivity contribution >= 4 is 0 Å². The van der Waals surface area contributed by atoms with Crippen molar-refractivity contribution in [2.75, 3.05) is 6.61 Å². The molecule has 17 heavy (non-hydrogen) atoms. The minimum Gasteiger partial charge on any atom is -0.394 e. The van der Waals surface area contributed by atoms with Crippen molar-refractivity contribution in [3.8, 4) is 0 Å². The van der Waals surface area contributed by atoms with Gasteiger partial charge in [-0.2, -0.15) is 0 Å². The van der Waals surface area contributed by atoms with Crippen molar-refractivity contribution < 1.29 is 15.3 Å². The Kier molecular flexibility index (Phi) is 6.04. The molecule has 0 fully saturated rings. The highest BCUT2D eigenvalue weighted by Crippen LogP contribution is 2.05. The number of unbranched alkanes of at least 4 members (excludes halogenated alkanes) is 1. The molecule has 0 aromatic carbocycles. The molecule has 1 rings (SSSR count). The first-order valence-electron chi connectivity index (χ1n) is 5.94. The summed E-state index contributed by atoms with van der Waals surface area (Å²) in [5.41, 5.74) is 1.55. The lowest BCUT2D eigenvalue weighted by molar-refractivity contribution is -0.0137. The molecule has 0 bridgehead atoms. The number of aryl methyl sites for hydroxylation is 1. The van der Waals surface area contributed by atoms with Crippen molar-refractivity contribution in [2.45, 2.75) is 44.8 Å². The summed E-state index contributed by atoms with van der Waals surface area (Å²) in [6.45, 7) is 1.66. The molecule has 5 heteroatoms. The van der Waals surface area contributed by atoms with Crippen LogP contribution in [0.3, 0.4) is 0 Å². The molecule has 0 radical (unpaired) electrons. The van der Waals surface area contributed by atoms with Gasteiger partial charge in [0.2, 0.25) is 0 Å². The number of aliphatic hydroxyl groups is 3. The van der Waals surface area contributed by atoms with Crippen LogP contribution in [0.1, 0.15) is 31.2 Å². The van der Waals surface area contributed by atoms with E-state index >= 15 is 0 Å². The number of rotatable bonds is 7. The van der Waals surface area contributed by atoms with Gasteiger partial charge in [-0.3, -0.25) is 9.97 Å². The van der Waals surface area contributed by atoms with E-state index < -0.39 is 18.8 Å². The summed E-state index contributed by atoms with van der Waals surface area (Å²) in [5, 5.41) is 27.4. The highest BCUT2D eigenvalue weighted by molar-refractivity contribution is 5.04. The summed E-state index contributed by atoms with van der Waals surface area (Å²) in [4.78, 5) is 8.41. The summed E-state index contributed by atoms with van der Waals surface area (Å²) in [7, 11) is 0. The Morgan fingerprint density at radius 2 is 1.76 bits per heavy atom. The molecule has 3 N–H and O–H groups in total. The third-order valence-corrected chi connectivity index (χ3v) is 2.59. The molecule has 2 atom stereocenters. The van der Waals surface area contributed by atoms with Crippen LogP contribution < -0.4 is 0 Å². The van der Waals surface area contributed by atoms with Crippen LogP contribution in [-0.2, 0) is 12.8 Å². The topological polar surface area (TPSA) is 86.5 Å². The molecule has 0 saturated heterocycles. The molecule has 0 spiro atoms. The van der Waals surface area contributed by atoms with E-state index in [2.05, 4.69) is 16.9 Å². The van der Waals surface area contributed by atoms with Crippen LogP contribution >= 0.6 is 0 Å². The summed E-state index contributed by atoms with van der Waals surface area (Å²) < 4.78 is 0. The third-order valence-electron chi connectivity index (χ3n) is 2.59. The Labute approximate surface area is 101 Å². The summed E-state index contributed by atoms with van der Waals surface area (Å²) in [6, 6.07) is 0. The number of aliphatic hydroxyl groups excluding tert-OH is 3. The monoisotopic (exact) mass is 240 g/mol. The Morgan fingerprint density at radius 3 is 2.29 bits per heavy atom. The molecular weight excluding hydrogens is 220 g/mol. The van der Waals surface area contributed by atoms with Crippen molar-refractivity contribution in [2.24, 2.45) is 0 Å². The number of hydrogen-bond acceptors (Lipinski definition) is 5. The minimum absolute atomic E-state index is 0.197. The molecule has 0 saturated carbocycles. The molecule has 1 heterocycles. The fourth-order valence-corrected chi connectivity index (χ4v) is 1.45. The smallest absolute Gasteiger partial charge is 0.103 e. The molecule has 5 nitrogen and oxygen atoms in total. The van der Waals surface area contributed by atoms with Crippen LogP contribution in [0.2, 0.25) is 0 Å². The zero-order valence-electron chi connectivity index (χ0n) is 10.1. The second-order valence-electron chi connectivity index (χ2n) is 4.12. The van der Waals surface area contributed by atoms with Gasteiger partial charge in [0.1, 0.15) is 6.10 Å². The highest BCUT2D eigenvalue weighted by Gasteiger charge is 2.16. The van der Waals surface area contributed by atoms with E-state index in [1.807, 2.05) is 0 Å². The fourth-order valence-electron chi connectivity index (χ4n) is 1.45. The number of hydrogen-bond donors (Lipinski definition) is 3. The standard InChI is InChI=1S/C12H20N2O3/c1-2-3-4-9-6-14-10(7-13-9)5-11(16)12(17)8-15/h6-7,11-12,15-17H,2-5,8H2,1H3. The van der Waals surface area contributed by atoms with Gasteiger partial charge in [0.15, 0.2) is 0 Å². The minimum atomic E-state index is -1.13. The summed E-state index contributed by atoms with van der Waals surface area (Å²) >= 11 is 0. The predicted octanol–water partition coefficient (Wildman–Crippen LogP) is 0.0758. The van der Waals surface area contributed by atoms with Gasteiger partial charge in [-0.25, -0.2) is 0 Å². The second-order valence-corrected chi connectivity index (χ2v) is 4.12. The van der Waals surface area contributed by atoms with E-state index in [0.717, 1.165) is 25.0 Å². The first kappa shape index (κ1) is 14.0. The summed E-state index contributed by atoms with van der Waals surface area (Å²) in [6.07, 6.45) is 4.48. The van der Waals surface area contributed by atoms with Gasteiger partial charge in [0.25, 0.3) is 0 Å². The van der Waals surface area contributed by atoms with Crippen molar-refractivity contribution in [3.05, 3.63) is 23.8 Å². The van der Waals surface area contributed by atoms with Crippen LogP contribution in [0.25, 0.3) is 0 Å². The van der Waals surface area contributed by atoms with E-state index in [-0.39, 0.29) is 6.42 Å². The molecule has 0 amide bonds. The molecule has 0 aliphatic carbocycles. The maximum Gasteiger partial charge on any atom is 0.103 e. The lowest BCUT2D eigenvalue weighted by Crippen LogP contribution is -2.31. The van der Waals surface area contributed by atoms with Gasteiger partial charge in [-0.05, 0) is 12.8 Å². The first-order valence-corrected chi connectivity index (χ1v) is 5.94. The van der Waals surface area contributed by atoms with E-state index in [1.54, 1.807) is 12.4 Å². The van der Waals surface area contributed by atoms with Gasteiger partial charge >= 0.3 is 0 Å². The lowest BCUT2D eigenvalue weighted by atomic mass is 10.1. The van der Waals surface area contributed by atoms with Gasteiger partial charge in [0.05, 0.1) is 24.1 Å². The van der Waals surface area contributed by atoms with Crippen molar-refractivity contribution in [3.63, 3.8) is 0 Å². The molecule has 0 aliphatic heterocycles. The van der Waals surface area contributed by atoms with Gasteiger partial charge in [-0.1, -0.05) is 13.3 Å². The van der Waals surface area contributed by atoms with Crippen LogP contribution in [0.4, 0.5) is 0 Å². The number of nitrogens with zero attached hydrogens (tertiary/aromatic N) is 2. The first-order chi connectivity index (χ1) is 8.17. The fraction of sp³-hybridized carbons (Fsp3) is 0.667. The Bertz CT molecular complexity index is 316. The molecule has 1 aromatic rings. The summed E-state index contributed by atoms with van der Waals surface area (Å²) in [5.74, 6) is 0. The second kappa shape index (κ2) is 7.32. The third kappa shape index (κ3) is 4.77. The molecule has 96 valence electrons. The van der Waals surface area contributed by atoms with Crippen LogP contribution in [0.5, 0.6) is 0 Å². The van der Waals surface area contributed by atoms with E-state index in [4.69, 9.17) is 5.11 Å². The SMILES string of the molecule is CCCCc1cnc(CC(O)C(O)CO)cn1. The van der Waals surface area contributed by atoms with Gasteiger partial charge in [-0.15, -0.1) is 0 Å². The van der Waals surface area contributed by atoms with Crippen LogP contribution in [0.15, 0.2) is 12.4 Å². The van der Waals surface area contributed by atoms with Crippen LogP contribution in [0, 0.1) is 0 Å². The van der Waals surface area contributed by atoms with E-state index in [9.17, 15) is 10.2 Å². The highest BCUT2D eigenvalue weighted by atomic mass is 16.4. The Balaban J connectivity index is 2.50. The average molecular weight is 240 g/mol. The van der Waals surface area contributed by atoms with E-state index in [0.29, 0.717) is 5.69 Å². The largest absolute Gasteiger partial charge is 0.394 e. The molecule has 1 aromatic heterocycles. The quantitative estimate of drug-likeness (QED) is 0.628. The normalized spacial score (nSPS) is 14.6. The maximum atomic E-state index is 9.50. The number of aromatic nitrogens is 2. The predicted molar refractivity (Wildman–Crippen MR) is 63.4 cm³/mol. The maximum absolute atomic E-state index is 9.50. The molecule has 2 unspecified atom stereocenters. The van der Waals surface area contributed by atoms with Crippen molar-refractivity contribution in [1.82, 2.24) is 9.97 Å². The van der Waals surface area contributed by atoms with Crippen molar-refractivity contribution in [1.29, 1.82) is 0 Å². The Morgan fingerprint density at radius 1 is 1.12 bits per heavy atom. The van der Waals surface area contributed by atoms with Gasteiger partial charge in [0, 0.05) is 18.8 Å². The molecular formula is C12H20N2O3. The molecule has 0 aliphatic rings. The van der Waals surface area contributed by atoms with E-state index in [1.165, 1.54) is 0 Å².